The minimum Gasteiger partial charge on any atom is -0.352 e. The van der Waals surface area contributed by atoms with Crippen molar-refractivity contribution in [1.29, 1.82) is 0 Å². The quantitative estimate of drug-likeness (QED) is 0.607. The Morgan fingerprint density at radius 1 is 1.37 bits per heavy atom. The first kappa shape index (κ1) is 19.9. The molecule has 0 radical (unpaired) electrons. The molecule has 2 aromatic heterocycles. The molecule has 146 valence electrons. The van der Waals surface area contributed by atoms with Crippen LogP contribution in [0.2, 0.25) is 0 Å². The maximum absolute atomic E-state index is 12.9. The van der Waals surface area contributed by atoms with Crippen LogP contribution in [0.25, 0.3) is 11.0 Å². The molecule has 1 fully saturated rings. The normalized spacial score (nSPS) is 20.1. The van der Waals surface area contributed by atoms with Crippen LogP contribution in [0.1, 0.15) is 46.5 Å². The van der Waals surface area contributed by atoms with Gasteiger partial charge in [-0.25, -0.2) is 9.97 Å². The van der Waals surface area contributed by atoms with Gasteiger partial charge >= 0.3 is 0 Å². The number of aromatic nitrogens is 3. The SMILES string of the molecule is CC(C)Cn1c(SCC(=O)N[C@H]2CCCC[C@H]2C)nc2ncccc2c1=O. The third kappa shape index (κ3) is 4.89. The van der Waals surface area contributed by atoms with Crippen molar-refractivity contribution >= 4 is 28.7 Å². The minimum atomic E-state index is -0.0920. The van der Waals surface area contributed by atoms with E-state index in [1.807, 2.05) is 0 Å². The van der Waals surface area contributed by atoms with Gasteiger partial charge in [-0.2, -0.15) is 0 Å². The van der Waals surface area contributed by atoms with Crippen LogP contribution in [0, 0.1) is 11.8 Å². The van der Waals surface area contributed by atoms with Crippen molar-refractivity contribution in [3.05, 3.63) is 28.7 Å². The number of hydrogen-bond donors (Lipinski definition) is 1. The summed E-state index contributed by atoms with van der Waals surface area (Å²) in [5.74, 6) is 1.08. The first-order chi connectivity index (χ1) is 13.0. The number of fused-ring (bicyclic) bond motifs is 1. The Labute approximate surface area is 164 Å². The van der Waals surface area contributed by atoms with E-state index in [4.69, 9.17) is 0 Å². The average molecular weight is 389 g/mol. The zero-order chi connectivity index (χ0) is 19.4. The molecule has 1 N–H and O–H groups in total. The summed E-state index contributed by atoms with van der Waals surface area (Å²) in [6.07, 6.45) is 6.27. The van der Waals surface area contributed by atoms with E-state index >= 15 is 0 Å². The van der Waals surface area contributed by atoms with Gasteiger partial charge in [0.1, 0.15) is 0 Å². The highest BCUT2D eigenvalue weighted by Gasteiger charge is 2.23. The Morgan fingerprint density at radius 3 is 2.89 bits per heavy atom. The topological polar surface area (TPSA) is 76.9 Å². The fraction of sp³-hybridized carbons (Fsp3) is 0.600. The van der Waals surface area contributed by atoms with Gasteiger partial charge in [0.15, 0.2) is 10.8 Å². The Bertz CT molecular complexity index is 865. The molecule has 0 saturated heterocycles. The highest BCUT2D eigenvalue weighted by atomic mass is 32.2. The Morgan fingerprint density at radius 2 is 2.15 bits per heavy atom. The van der Waals surface area contributed by atoms with Gasteiger partial charge in [0.05, 0.1) is 11.1 Å². The summed E-state index contributed by atoms with van der Waals surface area (Å²) in [6, 6.07) is 3.76. The van der Waals surface area contributed by atoms with Crippen molar-refractivity contribution in [2.24, 2.45) is 11.8 Å². The zero-order valence-corrected chi connectivity index (χ0v) is 17.1. The van der Waals surface area contributed by atoms with E-state index in [-0.39, 0.29) is 23.3 Å². The second kappa shape index (κ2) is 8.87. The molecular formula is C20H28N4O2S. The summed E-state index contributed by atoms with van der Waals surface area (Å²) >= 11 is 1.32. The van der Waals surface area contributed by atoms with Crippen LogP contribution in [0.4, 0.5) is 0 Å². The molecule has 3 rings (SSSR count). The Hall–Kier alpha value is -1.89. The molecule has 6 nitrogen and oxygen atoms in total. The molecule has 1 aliphatic rings. The van der Waals surface area contributed by atoms with E-state index < -0.39 is 0 Å². The van der Waals surface area contributed by atoms with Crippen LogP contribution in [0.3, 0.4) is 0 Å². The van der Waals surface area contributed by atoms with E-state index in [1.165, 1.54) is 31.0 Å². The van der Waals surface area contributed by atoms with Crippen LogP contribution in [0.5, 0.6) is 0 Å². The van der Waals surface area contributed by atoms with Crippen LogP contribution in [0.15, 0.2) is 28.3 Å². The number of rotatable bonds is 6. The second-order valence-electron chi connectivity index (χ2n) is 7.80. The maximum atomic E-state index is 12.9. The van der Waals surface area contributed by atoms with E-state index in [0.717, 1.165) is 6.42 Å². The highest BCUT2D eigenvalue weighted by Crippen LogP contribution is 2.24. The highest BCUT2D eigenvalue weighted by molar-refractivity contribution is 7.99. The van der Waals surface area contributed by atoms with Gasteiger partial charge in [-0.15, -0.1) is 0 Å². The number of hydrogen-bond acceptors (Lipinski definition) is 5. The van der Waals surface area contributed by atoms with Crippen LogP contribution in [-0.2, 0) is 11.3 Å². The summed E-state index contributed by atoms with van der Waals surface area (Å²) in [5.41, 5.74) is 0.344. The van der Waals surface area contributed by atoms with Crippen molar-refractivity contribution in [1.82, 2.24) is 19.9 Å². The van der Waals surface area contributed by atoms with Gasteiger partial charge in [0.2, 0.25) is 5.91 Å². The molecule has 1 aliphatic carbocycles. The average Bonchev–Trinajstić information content (AvgIpc) is 2.64. The monoisotopic (exact) mass is 388 g/mol. The molecule has 27 heavy (non-hydrogen) atoms. The number of nitrogens with zero attached hydrogens (tertiary/aromatic N) is 3. The third-order valence-corrected chi connectivity index (χ3v) is 6.01. The van der Waals surface area contributed by atoms with Gasteiger partial charge in [0.25, 0.3) is 5.56 Å². The number of amides is 1. The molecule has 0 bridgehead atoms. The van der Waals surface area contributed by atoms with Crippen molar-refractivity contribution in [2.45, 2.75) is 64.2 Å². The van der Waals surface area contributed by atoms with Crippen molar-refractivity contribution in [2.75, 3.05) is 5.75 Å². The lowest BCUT2D eigenvalue weighted by atomic mass is 9.86. The number of pyridine rings is 1. The molecule has 0 unspecified atom stereocenters. The number of nitrogens with one attached hydrogen (secondary N) is 1. The third-order valence-electron chi connectivity index (χ3n) is 5.03. The standard InChI is InChI=1S/C20H28N4O2S/c1-13(2)11-24-19(26)15-8-6-10-21-18(15)23-20(24)27-12-17(25)22-16-9-5-4-7-14(16)3/h6,8,10,13-14,16H,4-5,7,9,11-12H2,1-3H3,(H,22,25)/t14-,16+/m1/s1. The lowest BCUT2D eigenvalue weighted by Gasteiger charge is -2.29. The molecule has 0 aromatic carbocycles. The first-order valence-electron chi connectivity index (χ1n) is 9.73. The number of carbonyl (C=O) groups is 1. The fourth-order valence-corrected chi connectivity index (χ4v) is 4.39. The predicted octanol–water partition coefficient (Wildman–Crippen LogP) is 3.23. The molecule has 2 atom stereocenters. The van der Waals surface area contributed by atoms with Crippen LogP contribution in [-0.4, -0.2) is 32.2 Å². The minimum absolute atomic E-state index is 0.00483. The van der Waals surface area contributed by atoms with E-state index in [9.17, 15) is 9.59 Å². The summed E-state index contributed by atoms with van der Waals surface area (Å²) in [4.78, 5) is 34.1. The van der Waals surface area contributed by atoms with E-state index in [1.54, 1.807) is 22.9 Å². The summed E-state index contributed by atoms with van der Waals surface area (Å²) in [6.45, 7) is 6.89. The van der Waals surface area contributed by atoms with Gasteiger partial charge in [0, 0.05) is 18.8 Å². The Balaban J connectivity index is 1.76. The van der Waals surface area contributed by atoms with Gasteiger partial charge in [-0.1, -0.05) is 45.4 Å². The molecule has 2 heterocycles. The maximum Gasteiger partial charge on any atom is 0.263 e. The second-order valence-corrected chi connectivity index (χ2v) is 8.75. The lowest BCUT2D eigenvalue weighted by Crippen LogP contribution is -2.42. The van der Waals surface area contributed by atoms with Gasteiger partial charge in [-0.3, -0.25) is 14.2 Å². The summed E-state index contributed by atoms with van der Waals surface area (Å²) in [5, 5.41) is 4.24. The van der Waals surface area contributed by atoms with Gasteiger partial charge in [-0.05, 0) is 36.8 Å². The molecular weight excluding hydrogens is 360 g/mol. The summed E-state index contributed by atoms with van der Waals surface area (Å²) in [7, 11) is 0. The molecule has 1 amide bonds. The van der Waals surface area contributed by atoms with Crippen LogP contribution >= 0.6 is 11.8 Å². The molecule has 0 spiro atoms. The van der Waals surface area contributed by atoms with Gasteiger partial charge < -0.3 is 5.32 Å². The van der Waals surface area contributed by atoms with Crippen molar-refractivity contribution < 1.29 is 4.79 Å². The number of carbonyl (C=O) groups excluding carboxylic acids is 1. The Kier molecular flexibility index (Phi) is 6.52. The molecule has 2 aromatic rings. The zero-order valence-electron chi connectivity index (χ0n) is 16.3. The predicted molar refractivity (Wildman–Crippen MR) is 109 cm³/mol. The van der Waals surface area contributed by atoms with Crippen molar-refractivity contribution in [3.63, 3.8) is 0 Å². The molecule has 0 aliphatic heterocycles. The number of thioether (sulfide) groups is 1. The van der Waals surface area contributed by atoms with Crippen molar-refractivity contribution in [3.8, 4) is 0 Å². The molecule has 7 heteroatoms. The lowest BCUT2D eigenvalue weighted by molar-refractivity contribution is -0.119. The molecule has 1 saturated carbocycles. The summed E-state index contributed by atoms with van der Waals surface area (Å²) < 4.78 is 1.68. The van der Waals surface area contributed by atoms with Crippen LogP contribution < -0.4 is 10.9 Å². The van der Waals surface area contributed by atoms with E-state index in [2.05, 4.69) is 36.1 Å². The largest absolute Gasteiger partial charge is 0.352 e. The smallest absolute Gasteiger partial charge is 0.263 e. The first-order valence-corrected chi connectivity index (χ1v) is 10.7. The fourth-order valence-electron chi connectivity index (χ4n) is 3.58. The van der Waals surface area contributed by atoms with E-state index in [0.29, 0.717) is 34.6 Å².